The summed E-state index contributed by atoms with van der Waals surface area (Å²) >= 11 is 0. The lowest BCUT2D eigenvalue weighted by molar-refractivity contribution is 0.486. The predicted molar refractivity (Wildman–Crippen MR) is 131 cm³/mol. The molecule has 5 nitrogen and oxygen atoms in total. The van der Waals surface area contributed by atoms with E-state index >= 15 is 0 Å². The summed E-state index contributed by atoms with van der Waals surface area (Å²) < 4.78 is 0. The van der Waals surface area contributed by atoms with Gasteiger partial charge >= 0.3 is 0 Å². The SMILES string of the molecule is CN=C(NCc1ccnc(N2CCCCC2)c1)N1CCC(c2ccccc2)C1.I. The van der Waals surface area contributed by atoms with Gasteiger partial charge in [0.25, 0.3) is 0 Å². The molecular formula is C23H32IN5. The number of halogens is 1. The molecule has 2 fully saturated rings. The minimum absolute atomic E-state index is 0. The second-order valence-corrected chi connectivity index (χ2v) is 7.81. The average molecular weight is 505 g/mol. The fourth-order valence-corrected chi connectivity index (χ4v) is 4.33. The van der Waals surface area contributed by atoms with Gasteiger partial charge in [-0.05, 0) is 48.9 Å². The Hall–Kier alpha value is -1.83. The Morgan fingerprint density at radius 1 is 1.10 bits per heavy atom. The summed E-state index contributed by atoms with van der Waals surface area (Å²) in [6, 6.07) is 15.2. The molecular weight excluding hydrogens is 473 g/mol. The van der Waals surface area contributed by atoms with E-state index in [-0.39, 0.29) is 24.0 Å². The first kappa shape index (κ1) is 21.9. The van der Waals surface area contributed by atoms with Gasteiger partial charge in [-0.15, -0.1) is 24.0 Å². The van der Waals surface area contributed by atoms with Crippen LogP contribution in [0.1, 0.15) is 42.7 Å². The van der Waals surface area contributed by atoms with E-state index in [2.05, 4.69) is 67.6 Å². The van der Waals surface area contributed by atoms with E-state index in [9.17, 15) is 0 Å². The number of aliphatic imine (C=N–C) groups is 1. The van der Waals surface area contributed by atoms with Gasteiger partial charge in [0.05, 0.1) is 0 Å². The summed E-state index contributed by atoms with van der Waals surface area (Å²) in [6.07, 6.45) is 7.00. The molecule has 3 heterocycles. The van der Waals surface area contributed by atoms with Crippen molar-refractivity contribution in [3.63, 3.8) is 0 Å². The van der Waals surface area contributed by atoms with Gasteiger partial charge in [0.1, 0.15) is 5.82 Å². The van der Waals surface area contributed by atoms with Gasteiger partial charge in [-0.1, -0.05) is 30.3 Å². The van der Waals surface area contributed by atoms with Crippen LogP contribution < -0.4 is 10.2 Å². The molecule has 2 aromatic rings. The number of hydrogen-bond donors (Lipinski definition) is 1. The topological polar surface area (TPSA) is 43.8 Å². The highest BCUT2D eigenvalue weighted by atomic mass is 127. The molecule has 1 aromatic heterocycles. The number of anilines is 1. The summed E-state index contributed by atoms with van der Waals surface area (Å²) in [5, 5.41) is 3.56. The molecule has 6 heteroatoms. The predicted octanol–water partition coefficient (Wildman–Crippen LogP) is 4.25. The molecule has 1 unspecified atom stereocenters. The Morgan fingerprint density at radius 2 is 1.90 bits per heavy atom. The van der Waals surface area contributed by atoms with Crippen molar-refractivity contribution in [2.45, 2.75) is 38.1 Å². The van der Waals surface area contributed by atoms with Crippen LogP contribution in [0.4, 0.5) is 5.82 Å². The van der Waals surface area contributed by atoms with E-state index < -0.39 is 0 Å². The maximum atomic E-state index is 4.59. The van der Waals surface area contributed by atoms with Crippen molar-refractivity contribution in [2.24, 2.45) is 4.99 Å². The molecule has 4 rings (SSSR count). The number of piperidine rings is 1. The molecule has 2 aliphatic rings. The number of hydrogen-bond acceptors (Lipinski definition) is 3. The number of pyridine rings is 1. The Morgan fingerprint density at radius 3 is 2.66 bits per heavy atom. The highest BCUT2D eigenvalue weighted by Crippen LogP contribution is 2.27. The lowest BCUT2D eigenvalue weighted by Crippen LogP contribution is -2.39. The van der Waals surface area contributed by atoms with Crippen LogP contribution in [-0.2, 0) is 6.54 Å². The van der Waals surface area contributed by atoms with Crippen molar-refractivity contribution < 1.29 is 0 Å². The van der Waals surface area contributed by atoms with Gasteiger partial charge in [-0.2, -0.15) is 0 Å². The highest BCUT2D eigenvalue weighted by Gasteiger charge is 2.25. The molecule has 0 bridgehead atoms. The number of nitrogens with one attached hydrogen (secondary N) is 1. The van der Waals surface area contributed by atoms with Gasteiger partial charge in [0.2, 0.25) is 0 Å². The molecule has 156 valence electrons. The summed E-state index contributed by atoms with van der Waals surface area (Å²) in [6.45, 7) is 5.11. The fraction of sp³-hybridized carbons (Fsp3) is 0.478. The number of rotatable bonds is 4. The first-order chi connectivity index (χ1) is 13.8. The molecule has 0 saturated carbocycles. The van der Waals surface area contributed by atoms with Crippen molar-refractivity contribution in [3.8, 4) is 0 Å². The van der Waals surface area contributed by atoms with Crippen LogP contribution in [0.5, 0.6) is 0 Å². The first-order valence-corrected chi connectivity index (χ1v) is 10.5. The third kappa shape index (κ3) is 5.62. The largest absolute Gasteiger partial charge is 0.357 e. The normalized spacial score (nSPS) is 19.8. The molecule has 2 saturated heterocycles. The molecule has 29 heavy (non-hydrogen) atoms. The molecule has 0 amide bonds. The van der Waals surface area contributed by atoms with Crippen molar-refractivity contribution >= 4 is 35.8 Å². The van der Waals surface area contributed by atoms with Crippen LogP contribution >= 0.6 is 24.0 Å². The molecule has 1 aromatic carbocycles. The Kier molecular flexibility index (Phi) is 8.15. The lowest BCUT2D eigenvalue weighted by Gasteiger charge is -2.28. The Labute approximate surface area is 191 Å². The van der Waals surface area contributed by atoms with E-state index in [4.69, 9.17) is 0 Å². The lowest BCUT2D eigenvalue weighted by atomic mass is 9.99. The van der Waals surface area contributed by atoms with E-state index in [0.717, 1.165) is 44.5 Å². The summed E-state index contributed by atoms with van der Waals surface area (Å²) in [5.74, 6) is 2.69. The van der Waals surface area contributed by atoms with Crippen LogP contribution in [-0.4, -0.2) is 49.1 Å². The number of nitrogens with zero attached hydrogens (tertiary/aromatic N) is 4. The monoisotopic (exact) mass is 505 g/mol. The average Bonchev–Trinajstić information content (AvgIpc) is 3.26. The number of guanidine groups is 1. The standard InChI is InChI=1S/C23H31N5.HI/c1-24-23(28-15-11-21(18-28)20-8-4-2-5-9-20)26-17-19-10-12-25-22(16-19)27-13-6-3-7-14-27;/h2,4-5,8-10,12,16,21H,3,6-7,11,13-15,17-18H2,1H3,(H,24,26);1H. The van der Waals surface area contributed by atoms with Gasteiger partial charge in [-0.3, -0.25) is 4.99 Å². The minimum atomic E-state index is 0. The minimum Gasteiger partial charge on any atom is -0.357 e. The third-order valence-corrected chi connectivity index (χ3v) is 5.91. The Balaban J connectivity index is 0.00000240. The number of benzene rings is 1. The van der Waals surface area contributed by atoms with Crippen LogP contribution in [0.2, 0.25) is 0 Å². The first-order valence-electron chi connectivity index (χ1n) is 10.5. The number of likely N-dealkylation sites (tertiary alicyclic amines) is 1. The number of aromatic nitrogens is 1. The van der Waals surface area contributed by atoms with Gasteiger partial charge in [0, 0.05) is 51.9 Å². The van der Waals surface area contributed by atoms with Crippen LogP contribution in [0.25, 0.3) is 0 Å². The van der Waals surface area contributed by atoms with Gasteiger partial charge < -0.3 is 15.1 Å². The van der Waals surface area contributed by atoms with Crippen molar-refractivity contribution in [3.05, 3.63) is 59.8 Å². The van der Waals surface area contributed by atoms with Crippen LogP contribution in [0.3, 0.4) is 0 Å². The molecule has 2 aliphatic heterocycles. The highest BCUT2D eigenvalue weighted by molar-refractivity contribution is 14.0. The van der Waals surface area contributed by atoms with E-state index in [1.165, 1.54) is 36.8 Å². The third-order valence-electron chi connectivity index (χ3n) is 5.91. The second kappa shape index (κ2) is 10.8. The van der Waals surface area contributed by atoms with Gasteiger partial charge in [0.15, 0.2) is 5.96 Å². The molecule has 0 spiro atoms. The van der Waals surface area contributed by atoms with E-state index in [1.807, 2.05) is 13.2 Å². The zero-order valence-electron chi connectivity index (χ0n) is 17.3. The van der Waals surface area contributed by atoms with Crippen LogP contribution in [0.15, 0.2) is 53.7 Å². The summed E-state index contributed by atoms with van der Waals surface area (Å²) in [7, 11) is 1.88. The quantitative estimate of drug-likeness (QED) is 0.384. The maximum absolute atomic E-state index is 4.59. The zero-order chi connectivity index (χ0) is 19.2. The molecule has 1 N–H and O–H groups in total. The van der Waals surface area contributed by atoms with Crippen molar-refractivity contribution in [1.29, 1.82) is 0 Å². The molecule has 0 aliphatic carbocycles. The fourth-order valence-electron chi connectivity index (χ4n) is 4.33. The van der Waals surface area contributed by atoms with Crippen molar-refractivity contribution in [2.75, 3.05) is 38.1 Å². The molecule has 1 atom stereocenters. The van der Waals surface area contributed by atoms with Crippen molar-refractivity contribution in [1.82, 2.24) is 15.2 Å². The van der Waals surface area contributed by atoms with Gasteiger partial charge in [-0.25, -0.2) is 4.98 Å². The van der Waals surface area contributed by atoms with E-state index in [0.29, 0.717) is 5.92 Å². The second-order valence-electron chi connectivity index (χ2n) is 7.81. The smallest absolute Gasteiger partial charge is 0.193 e. The maximum Gasteiger partial charge on any atom is 0.193 e. The summed E-state index contributed by atoms with van der Waals surface area (Å²) in [5.41, 5.74) is 2.69. The Bertz CT molecular complexity index is 789. The zero-order valence-corrected chi connectivity index (χ0v) is 19.6. The van der Waals surface area contributed by atoms with Crippen LogP contribution in [0, 0.1) is 0 Å². The van der Waals surface area contributed by atoms with E-state index in [1.54, 1.807) is 0 Å². The molecule has 0 radical (unpaired) electrons. The summed E-state index contributed by atoms with van der Waals surface area (Å²) in [4.78, 5) is 13.9.